The van der Waals surface area contributed by atoms with Crippen molar-refractivity contribution in [2.75, 3.05) is 38.2 Å². The van der Waals surface area contributed by atoms with Crippen molar-refractivity contribution in [1.82, 2.24) is 10.2 Å². The number of benzene rings is 2. The van der Waals surface area contributed by atoms with Crippen molar-refractivity contribution in [3.05, 3.63) is 48.5 Å². The van der Waals surface area contributed by atoms with Gasteiger partial charge in [-0.05, 0) is 49.2 Å². The van der Waals surface area contributed by atoms with Gasteiger partial charge in [-0.25, -0.2) is 0 Å². The fourth-order valence-electron chi connectivity index (χ4n) is 4.02. The Morgan fingerprint density at radius 2 is 1.81 bits per heavy atom. The summed E-state index contributed by atoms with van der Waals surface area (Å²) in [5.41, 5.74) is 0.668. The van der Waals surface area contributed by atoms with Gasteiger partial charge in [0.1, 0.15) is 12.4 Å². The number of phenolic OH excluding ortho intramolecular Hbond substituents is 1. The summed E-state index contributed by atoms with van der Waals surface area (Å²) in [4.78, 5) is 14.4. The molecule has 0 bridgehead atoms. The average Bonchev–Trinajstić information content (AvgIpc) is 2.80. The maximum absolute atomic E-state index is 12.3. The molecule has 1 saturated heterocycles. The second kappa shape index (κ2) is 10.00. The highest BCUT2D eigenvalue weighted by Gasteiger charge is 2.31. The molecule has 4 rings (SSSR count). The van der Waals surface area contributed by atoms with Gasteiger partial charge in [0.2, 0.25) is 5.91 Å². The van der Waals surface area contributed by atoms with Crippen LogP contribution in [0.15, 0.2) is 48.5 Å². The number of rotatable bonds is 7. The number of amides is 1. The number of fused-ring (bicyclic) bond motifs is 1. The molecule has 8 heteroatoms. The number of hydrogen-bond acceptors (Lipinski definition) is 7. The molecule has 0 radical (unpaired) electrons. The van der Waals surface area contributed by atoms with Crippen molar-refractivity contribution in [3.63, 3.8) is 0 Å². The zero-order valence-electron chi connectivity index (χ0n) is 17.4. The Balaban J connectivity index is 1.22. The lowest BCUT2D eigenvalue weighted by Gasteiger charge is -2.37. The summed E-state index contributed by atoms with van der Waals surface area (Å²) >= 11 is 0. The van der Waals surface area contributed by atoms with Crippen LogP contribution in [0.25, 0.3) is 0 Å². The zero-order chi connectivity index (χ0) is 21.6. The Morgan fingerprint density at radius 1 is 1.10 bits per heavy atom. The molecule has 4 N–H and O–H groups in total. The summed E-state index contributed by atoms with van der Waals surface area (Å²) in [6.45, 7) is 2.28. The Hall–Kier alpha value is -2.81. The normalized spacial score (nSPS) is 20.2. The third-order valence-electron chi connectivity index (χ3n) is 5.73. The van der Waals surface area contributed by atoms with Gasteiger partial charge in [-0.3, -0.25) is 9.69 Å². The van der Waals surface area contributed by atoms with E-state index in [1.165, 1.54) is 0 Å². The first kappa shape index (κ1) is 21.4. The molecule has 0 aliphatic carbocycles. The standard InChI is InChI=1S/C23H29N3O5/c27-14-19(22-15-30-20-3-1-2-4-21(20)31-22)24-17-9-11-26(12-10-17)13-23(29)25-16-5-7-18(28)8-6-16/h1-8,17,19,22,24,27-28H,9-15H2,(H,25,29). The van der Waals surface area contributed by atoms with Crippen molar-refractivity contribution < 1.29 is 24.5 Å². The predicted octanol–water partition coefficient (Wildman–Crippen LogP) is 1.59. The number of ether oxygens (including phenoxy) is 2. The SMILES string of the molecule is O=C(CN1CCC(NC(CO)C2COc3ccccc3O2)CC1)Nc1ccc(O)cc1. The van der Waals surface area contributed by atoms with E-state index in [1.807, 2.05) is 24.3 Å². The fourth-order valence-corrected chi connectivity index (χ4v) is 4.02. The number of likely N-dealkylation sites (tertiary alicyclic amines) is 1. The van der Waals surface area contributed by atoms with E-state index in [1.54, 1.807) is 24.3 Å². The van der Waals surface area contributed by atoms with Crippen molar-refractivity contribution in [2.45, 2.75) is 31.0 Å². The lowest BCUT2D eigenvalue weighted by Crippen LogP contribution is -2.55. The van der Waals surface area contributed by atoms with Gasteiger partial charge in [-0.15, -0.1) is 0 Å². The topological polar surface area (TPSA) is 103 Å². The average molecular weight is 428 g/mol. The number of anilines is 1. The largest absolute Gasteiger partial charge is 0.508 e. The highest BCUT2D eigenvalue weighted by Crippen LogP contribution is 2.31. The number of aliphatic hydroxyl groups is 1. The molecule has 0 saturated carbocycles. The van der Waals surface area contributed by atoms with Crippen LogP contribution in [0, 0.1) is 0 Å². The van der Waals surface area contributed by atoms with Crippen LogP contribution in [-0.4, -0.2) is 72.1 Å². The van der Waals surface area contributed by atoms with Gasteiger partial charge in [0, 0.05) is 24.8 Å². The van der Waals surface area contributed by atoms with Crippen LogP contribution in [0.5, 0.6) is 17.2 Å². The molecule has 2 aromatic rings. The van der Waals surface area contributed by atoms with Crippen LogP contribution in [0.3, 0.4) is 0 Å². The Kier molecular flexibility index (Phi) is 6.91. The lowest BCUT2D eigenvalue weighted by atomic mass is 10.0. The highest BCUT2D eigenvalue weighted by atomic mass is 16.6. The van der Waals surface area contributed by atoms with Crippen molar-refractivity contribution >= 4 is 11.6 Å². The molecule has 0 spiro atoms. The number of carbonyl (C=O) groups is 1. The van der Waals surface area contributed by atoms with Gasteiger partial charge in [0.05, 0.1) is 19.2 Å². The van der Waals surface area contributed by atoms with Crippen LogP contribution in [-0.2, 0) is 4.79 Å². The molecular weight excluding hydrogens is 398 g/mol. The van der Waals surface area contributed by atoms with E-state index in [-0.39, 0.29) is 36.5 Å². The highest BCUT2D eigenvalue weighted by molar-refractivity contribution is 5.92. The molecule has 2 aliphatic heterocycles. The van der Waals surface area contributed by atoms with Crippen molar-refractivity contribution in [3.8, 4) is 17.2 Å². The van der Waals surface area contributed by atoms with Gasteiger partial charge in [-0.2, -0.15) is 0 Å². The Bertz CT molecular complexity index is 868. The number of aliphatic hydroxyl groups excluding tert-OH is 1. The second-order valence-electron chi connectivity index (χ2n) is 8.02. The Morgan fingerprint density at radius 3 is 2.52 bits per heavy atom. The molecule has 2 heterocycles. The van der Waals surface area contributed by atoms with Crippen LogP contribution in [0.2, 0.25) is 0 Å². The summed E-state index contributed by atoms with van der Waals surface area (Å²) < 4.78 is 11.8. The van der Waals surface area contributed by atoms with Gasteiger partial charge < -0.3 is 30.3 Å². The summed E-state index contributed by atoms with van der Waals surface area (Å²) in [6.07, 6.45) is 1.51. The molecule has 0 aromatic heterocycles. The maximum Gasteiger partial charge on any atom is 0.238 e. The van der Waals surface area contributed by atoms with E-state index in [9.17, 15) is 15.0 Å². The maximum atomic E-state index is 12.3. The number of nitrogens with one attached hydrogen (secondary N) is 2. The van der Waals surface area contributed by atoms with E-state index in [2.05, 4.69) is 15.5 Å². The predicted molar refractivity (Wildman–Crippen MR) is 117 cm³/mol. The number of phenols is 1. The van der Waals surface area contributed by atoms with Gasteiger partial charge in [-0.1, -0.05) is 12.1 Å². The number of piperidine rings is 1. The molecule has 8 nitrogen and oxygen atoms in total. The third kappa shape index (κ3) is 5.66. The quantitative estimate of drug-likeness (QED) is 0.498. The molecule has 2 aromatic carbocycles. The first-order chi connectivity index (χ1) is 15.1. The van der Waals surface area contributed by atoms with Crippen molar-refractivity contribution in [1.29, 1.82) is 0 Å². The smallest absolute Gasteiger partial charge is 0.238 e. The van der Waals surface area contributed by atoms with Crippen LogP contribution in [0.4, 0.5) is 5.69 Å². The number of para-hydroxylation sites is 2. The second-order valence-corrected chi connectivity index (χ2v) is 8.02. The first-order valence-electron chi connectivity index (χ1n) is 10.7. The van der Waals surface area contributed by atoms with Crippen LogP contribution < -0.4 is 20.1 Å². The summed E-state index contributed by atoms with van der Waals surface area (Å²) in [5.74, 6) is 1.53. The van der Waals surface area contributed by atoms with E-state index in [0.717, 1.165) is 31.7 Å². The molecule has 1 fully saturated rings. The van der Waals surface area contributed by atoms with E-state index >= 15 is 0 Å². The Labute approximate surface area is 181 Å². The lowest BCUT2D eigenvalue weighted by molar-refractivity contribution is -0.117. The minimum atomic E-state index is -0.256. The molecular formula is C23H29N3O5. The number of hydrogen-bond donors (Lipinski definition) is 4. The molecule has 31 heavy (non-hydrogen) atoms. The van der Waals surface area contributed by atoms with Crippen LogP contribution >= 0.6 is 0 Å². The zero-order valence-corrected chi connectivity index (χ0v) is 17.4. The summed E-state index contributed by atoms with van der Waals surface area (Å²) in [6, 6.07) is 14.0. The van der Waals surface area contributed by atoms with Crippen LogP contribution in [0.1, 0.15) is 12.8 Å². The third-order valence-corrected chi connectivity index (χ3v) is 5.73. The number of nitrogens with zero attached hydrogens (tertiary/aromatic N) is 1. The minimum absolute atomic E-state index is 0.0363. The molecule has 2 atom stereocenters. The molecule has 1 amide bonds. The molecule has 2 unspecified atom stereocenters. The number of carbonyl (C=O) groups excluding carboxylic acids is 1. The van der Waals surface area contributed by atoms with E-state index in [4.69, 9.17) is 9.47 Å². The van der Waals surface area contributed by atoms with E-state index in [0.29, 0.717) is 24.6 Å². The fraction of sp³-hybridized carbons (Fsp3) is 0.435. The monoisotopic (exact) mass is 427 g/mol. The van der Waals surface area contributed by atoms with Gasteiger partial charge in [0.25, 0.3) is 0 Å². The summed E-state index contributed by atoms with van der Waals surface area (Å²) in [5, 5.41) is 25.6. The minimum Gasteiger partial charge on any atom is -0.508 e. The summed E-state index contributed by atoms with van der Waals surface area (Å²) in [7, 11) is 0. The molecule has 166 valence electrons. The molecule has 2 aliphatic rings. The number of aromatic hydroxyl groups is 1. The van der Waals surface area contributed by atoms with Gasteiger partial charge in [0.15, 0.2) is 17.6 Å². The van der Waals surface area contributed by atoms with E-state index < -0.39 is 0 Å². The first-order valence-corrected chi connectivity index (χ1v) is 10.7. The van der Waals surface area contributed by atoms with Gasteiger partial charge >= 0.3 is 0 Å². The van der Waals surface area contributed by atoms with Crippen molar-refractivity contribution in [2.24, 2.45) is 0 Å².